The van der Waals surface area contributed by atoms with Crippen LogP contribution in [0, 0.1) is 0 Å². The van der Waals surface area contributed by atoms with Crippen molar-refractivity contribution in [2.24, 2.45) is 0 Å². The Bertz CT molecular complexity index is 2560. The zero-order chi connectivity index (χ0) is 32.3. The van der Waals surface area contributed by atoms with Crippen molar-refractivity contribution in [3.05, 3.63) is 188 Å². The first kappa shape index (κ1) is 28.1. The number of allylic oxidation sites excluding steroid dienone is 2. The second-order valence-corrected chi connectivity index (χ2v) is 14.0. The fraction of sp³-hybridized carbons (Fsp3) is 0.0435. The third kappa shape index (κ3) is 4.62. The van der Waals surface area contributed by atoms with Crippen molar-refractivity contribution < 1.29 is 0 Å². The van der Waals surface area contributed by atoms with Gasteiger partial charge in [-0.05, 0) is 94.2 Å². The Kier molecular flexibility index (Phi) is 6.53. The molecule has 8 aromatic rings. The Labute approximate surface area is 290 Å². The van der Waals surface area contributed by atoms with Gasteiger partial charge in [0.2, 0.25) is 0 Å². The maximum atomic E-state index is 2.54. The lowest BCUT2D eigenvalue weighted by Gasteiger charge is -2.30. The number of benzene rings is 7. The standard InChI is InChI=1S/C46H32N2S/c1-2-13-33(14-3-1)47(34-23-21-32(22-24-34)38-18-10-12-31-11-4-5-15-37(31)38)35-25-27-36(28-26-35)48-43-19-8-6-16-39(43)41-29-42-40-17-7-9-20-45(40)49-46(42)30-44(41)48/h1-30,39,43H. The summed E-state index contributed by atoms with van der Waals surface area (Å²) in [6, 6.07) is 57.9. The highest BCUT2D eigenvalue weighted by Gasteiger charge is 2.38. The van der Waals surface area contributed by atoms with Crippen LogP contribution in [0.2, 0.25) is 0 Å². The Hall–Kier alpha value is -5.90. The SMILES string of the molecule is C1=CC2c3cc4c(cc3N(c3ccc(N(c5ccccc5)c5ccc(-c6cccc7ccccc67)cc5)cc3)C2C=C1)sc1ccccc14. The smallest absolute Gasteiger partial charge is 0.0629 e. The van der Waals surface area contributed by atoms with E-state index in [0.717, 1.165) is 17.1 Å². The molecule has 0 spiro atoms. The summed E-state index contributed by atoms with van der Waals surface area (Å²) in [7, 11) is 0. The van der Waals surface area contributed by atoms with Gasteiger partial charge in [0.05, 0.1) is 6.04 Å². The molecule has 0 amide bonds. The van der Waals surface area contributed by atoms with Crippen LogP contribution in [0.5, 0.6) is 0 Å². The normalized spacial score (nSPS) is 16.4. The molecule has 0 radical (unpaired) electrons. The fourth-order valence-electron chi connectivity index (χ4n) is 7.91. The van der Waals surface area contributed by atoms with Crippen LogP contribution in [0.25, 0.3) is 42.1 Å². The lowest BCUT2D eigenvalue weighted by molar-refractivity contribution is 0.745. The molecule has 10 rings (SSSR count). The molecule has 7 aromatic carbocycles. The number of anilines is 5. The largest absolute Gasteiger partial charge is 0.333 e. The van der Waals surface area contributed by atoms with E-state index in [0.29, 0.717) is 5.92 Å². The zero-order valence-corrected chi connectivity index (χ0v) is 27.6. The highest BCUT2D eigenvalue weighted by molar-refractivity contribution is 7.25. The summed E-state index contributed by atoms with van der Waals surface area (Å²) in [4.78, 5) is 4.89. The van der Waals surface area contributed by atoms with E-state index in [2.05, 4.69) is 192 Å². The maximum Gasteiger partial charge on any atom is 0.0629 e. The van der Waals surface area contributed by atoms with Gasteiger partial charge in [0.15, 0.2) is 0 Å². The van der Waals surface area contributed by atoms with E-state index in [-0.39, 0.29) is 6.04 Å². The molecule has 2 unspecified atom stereocenters. The van der Waals surface area contributed by atoms with Crippen LogP contribution in [0.1, 0.15) is 11.5 Å². The molecule has 1 aliphatic heterocycles. The first-order valence-electron chi connectivity index (χ1n) is 16.9. The van der Waals surface area contributed by atoms with Crippen LogP contribution < -0.4 is 9.80 Å². The van der Waals surface area contributed by atoms with Crippen molar-refractivity contribution in [1.82, 2.24) is 0 Å². The van der Waals surface area contributed by atoms with E-state index in [1.165, 1.54) is 59.0 Å². The number of para-hydroxylation sites is 1. The number of fused-ring (bicyclic) bond motifs is 7. The van der Waals surface area contributed by atoms with Crippen LogP contribution in [-0.4, -0.2) is 6.04 Å². The Morgan fingerprint density at radius 1 is 0.510 bits per heavy atom. The maximum absolute atomic E-state index is 2.54. The Morgan fingerprint density at radius 3 is 2.02 bits per heavy atom. The lowest BCUT2D eigenvalue weighted by Crippen LogP contribution is -2.28. The predicted octanol–water partition coefficient (Wildman–Crippen LogP) is 13.1. The third-order valence-corrected chi connectivity index (χ3v) is 11.3. The summed E-state index contributed by atoms with van der Waals surface area (Å²) in [6.45, 7) is 0. The molecule has 232 valence electrons. The third-order valence-electron chi connectivity index (χ3n) is 10.2. The van der Waals surface area contributed by atoms with E-state index in [1.54, 1.807) is 0 Å². The molecule has 0 bridgehead atoms. The molecular formula is C46H32N2S. The summed E-state index contributed by atoms with van der Waals surface area (Å²) < 4.78 is 2.69. The van der Waals surface area contributed by atoms with Crippen LogP contribution in [0.15, 0.2) is 182 Å². The summed E-state index contributed by atoms with van der Waals surface area (Å²) in [6.07, 6.45) is 9.14. The summed E-state index contributed by atoms with van der Waals surface area (Å²) in [5.74, 6) is 0.323. The average molecular weight is 645 g/mol. The Morgan fingerprint density at radius 2 is 1.18 bits per heavy atom. The van der Waals surface area contributed by atoms with Crippen LogP contribution in [-0.2, 0) is 0 Å². The number of hydrogen-bond donors (Lipinski definition) is 0. The minimum absolute atomic E-state index is 0.250. The minimum Gasteiger partial charge on any atom is -0.333 e. The van der Waals surface area contributed by atoms with Gasteiger partial charge in [0.25, 0.3) is 0 Å². The molecule has 1 aliphatic carbocycles. The van der Waals surface area contributed by atoms with Crippen LogP contribution in [0.3, 0.4) is 0 Å². The molecule has 2 heterocycles. The van der Waals surface area contributed by atoms with Gasteiger partial charge >= 0.3 is 0 Å². The Balaban J connectivity index is 1.04. The van der Waals surface area contributed by atoms with Gasteiger partial charge in [0, 0.05) is 54.5 Å². The molecule has 0 saturated heterocycles. The van der Waals surface area contributed by atoms with Gasteiger partial charge in [-0.1, -0.05) is 115 Å². The van der Waals surface area contributed by atoms with Crippen molar-refractivity contribution in [2.75, 3.05) is 9.80 Å². The highest BCUT2D eigenvalue weighted by Crippen LogP contribution is 2.51. The number of hydrogen-bond acceptors (Lipinski definition) is 3. The monoisotopic (exact) mass is 644 g/mol. The molecule has 2 aliphatic rings. The van der Waals surface area contributed by atoms with E-state index in [1.807, 2.05) is 11.3 Å². The molecule has 2 atom stereocenters. The first-order valence-corrected chi connectivity index (χ1v) is 17.7. The van der Waals surface area contributed by atoms with Crippen molar-refractivity contribution >= 4 is 70.7 Å². The van der Waals surface area contributed by atoms with E-state index in [9.17, 15) is 0 Å². The lowest BCUT2D eigenvalue weighted by atomic mass is 9.90. The van der Waals surface area contributed by atoms with Gasteiger partial charge in [0.1, 0.15) is 0 Å². The molecule has 0 fully saturated rings. The van der Waals surface area contributed by atoms with Gasteiger partial charge in [-0.3, -0.25) is 0 Å². The summed E-state index contributed by atoms with van der Waals surface area (Å²) in [5, 5.41) is 5.25. The topological polar surface area (TPSA) is 6.48 Å². The molecule has 0 N–H and O–H groups in total. The predicted molar refractivity (Wildman–Crippen MR) is 210 cm³/mol. The highest BCUT2D eigenvalue weighted by atomic mass is 32.1. The molecule has 0 saturated carbocycles. The van der Waals surface area contributed by atoms with E-state index >= 15 is 0 Å². The molecule has 1 aromatic heterocycles. The molecule has 2 nitrogen and oxygen atoms in total. The summed E-state index contributed by atoms with van der Waals surface area (Å²) in [5.41, 5.74) is 9.77. The summed E-state index contributed by atoms with van der Waals surface area (Å²) >= 11 is 1.89. The molecule has 49 heavy (non-hydrogen) atoms. The van der Waals surface area contributed by atoms with Gasteiger partial charge in [-0.2, -0.15) is 0 Å². The number of thiophene rings is 1. The first-order chi connectivity index (χ1) is 24.3. The van der Waals surface area contributed by atoms with Crippen LogP contribution >= 0.6 is 11.3 Å². The number of nitrogens with zero attached hydrogens (tertiary/aromatic N) is 2. The van der Waals surface area contributed by atoms with Crippen molar-refractivity contribution in [1.29, 1.82) is 0 Å². The van der Waals surface area contributed by atoms with Gasteiger partial charge < -0.3 is 9.80 Å². The average Bonchev–Trinajstić information content (AvgIpc) is 3.69. The minimum atomic E-state index is 0.250. The second-order valence-electron chi connectivity index (χ2n) is 12.9. The van der Waals surface area contributed by atoms with Gasteiger partial charge in [-0.15, -0.1) is 11.3 Å². The van der Waals surface area contributed by atoms with Crippen molar-refractivity contribution in [3.8, 4) is 11.1 Å². The quantitative estimate of drug-likeness (QED) is 0.184. The van der Waals surface area contributed by atoms with Crippen molar-refractivity contribution in [3.63, 3.8) is 0 Å². The second kappa shape index (κ2) is 11.4. The number of rotatable bonds is 5. The van der Waals surface area contributed by atoms with Crippen molar-refractivity contribution in [2.45, 2.75) is 12.0 Å². The molecular weight excluding hydrogens is 613 g/mol. The van der Waals surface area contributed by atoms with E-state index < -0.39 is 0 Å². The van der Waals surface area contributed by atoms with Crippen LogP contribution in [0.4, 0.5) is 28.4 Å². The van der Waals surface area contributed by atoms with E-state index in [4.69, 9.17) is 0 Å². The molecule has 3 heteroatoms. The fourth-order valence-corrected chi connectivity index (χ4v) is 9.03. The van der Waals surface area contributed by atoms with Gasteiger partial charge in [-0.25, -0.2) is 0 Å². The zero-order valence-electron chi connectivity index (χ0n) is 26.8.